The molecular weight excluding hydrogens is 370 g/mol. The van der Waals surface area contributed by atoms with Gasteiger partial charge in [-0.2, -0.15) is 0 Å². The number of benzene rings is 2. The summed E-state index contributed by atoms with van der Waals surface area (Å²) in [6.07, 6.45) is 3.35. The summed E-state index contributed by atoms with van der Waals surface area (Å²) in [5, 5.41) is 12.6. The van der Waals surface area contributed by atoms with Gasteiger partial charge in [0.1, 0.15) is 5.52 Å². The Bertz CT molecular complexity index is 961. The lowest BCUT2D eigenvalue weighted by Crippen LogP contribution is -3.00. The molecule has 8 heteroatoms. The van der Waals surface area contributed by atoms with E-state index in [1.165, 1.54) is 4.68 Å². The number of nitrogens with zero attached hydrogens (tertiary/aromatic N) is 6. The summed E-state index contributed by atoms with van der Waals surface area (Å²) in [6.45, 7) is 0. The SMILES string of the molecule is Cn1nnc2ccc(C(c3ccccc3)[n+]3cn(N)cn3)cc21.[Br-]. The molecule has 1 atom stereocenters. The zero-order chi connectivity index (χ0) is 15.8. The van der Waals surface area contributed by atoms with Crippen molar-refractivity contribution >= 4 is 11.0 Å². The third-order valence-electron chi connectivity index (χ3n) is 3.90. The minimum atomic E-state index is -0.0692. The molecule has 122 valence electrons. The summed E-state index contributed by atoms with van der Waals surface area (Å²) in [7, 11) is 1.89. The summed E-state index contributed by atoms with van der Waals surface area (Å²) in [5.41, 5.74) is 4.08. The Hall–Kier alpha value is -2.74. The molecular formula is C16H16BrN7. The summed E-state index contributed by atoms with van der Waals surface area (Å²) < 4.78 is 5.06. The van der Waals surface area contributed by atoms with E-state index in [1.54, 1.807) is 17.3 Å². The van der Waals surface area contributed by atoms with E-state index >= 15 is 0 Å². The molecule has 2 aromatic heterocycles. The highest BCUT2D eigenvalue weighted by atomic mass is 79.9. The number of fused-ring (bicyclic) bond motifs is 1. The summed E-state index contributed by atoms with van der Waals surface area (Å²) in [6, 6.07) is 16.3. The zero-order valence-electron chi connectivity index (χ0n) is 13.0. The molecule has 2 heterocycles. The maximum Gasteiger partial charge on any atom is 0.290 e. The third kappa shape index (κ3) is 2.76. The van der Waals surface area contributed by atoms with Gasteiger partial charge in [-0.05, 0) is 17.2 Å². The van der Waals surface area contributed by atoms with Gasteiger partial charge in [-0.3, -0.25) is 5.84 Å². The lowest BCUT2D eigenvalue weighted by atomic mass is 9.98. The third-order valence-corrected chi connectivity index (χ3v) is 3.90. The fourth-order valence-corrected chi connectivity index (χ4v) is 2.80. The van der Waals surface area contributed by atoms with Crippen LogP contribution in [0.5, 0.6) is 0 Å². The van der Waals surface area contributed by atoms with Crippen LogP contribution in [0.3, 0.4) is 0 Å². The van der Waals surface area contributed by atoms with Gasteiger partial charge >= 0.3 is 0 Å². The maximum absolute atomic E-state index is 5.78. The van der Waals surface area contributed by atoms with Crippen molar-refractivity contribution in [3.05, 3.63) is 72.3 Å². The van der Waals surface area contributed by atoms with Crippen molar-refractivity contribution in [3.8, 4) is 0 Å². The van der Waals surface area contributed by atoms with Gasteiger partial charge in [-0.1, -0.05) is 41.6 Å². The first-order valence-corrected chi connectivity index (χ1v) is 7.27. The Morgan fingerprint density at radius 2 is 1.88 bits per heavy atom. The second-order valence-electron chi connectivity index (χ2n) is 5.45. The second-order valence-corrected chi connectivity index (χ2v) is 5.45. The van der Waals surface area contributed by atoms with E-state index in [-0.39, 0.29) is 23.0 Å². The van der Waals surface area contributed by atoms with Crippen LogP contribution in [-0.2, 0) is 7.05 Å². The van der Waals surface area contributed by atoms with Crippen molar-refractivity contribution in [3.63, 3.8) is 0 Å². The Labute approximate surface area is 149 Å². The molecule has 0 aliphatic carbocycles. The number of nitrogen functional groups attached to an aromatic ring is 1. The number of hydrogen-bond acceptors (Lipinski definition) is 4. The monoisotopic (exact) mass is 385 g/mol. The Kier molecular flexibility index (Phi) is 4.30. The predicted octanol–water partition coefficient (Wildman–Crippen LogP) is -2.19. The molecule has 0 radical (unpaired) electrons. The highest BCUT2D eigenvalue weighted by molar-refractivity contribution is 5.75. The van der Waals surface area contributed by atoms with Gasteiger partial charge < -0.3 is 17.0 Å². The van der Waals surface area contributed by atoms with Gasteiger partial charge in [0.05, 0.1) is 5.52 Å². The standard InChI is InChI=1S/C16H16N7.BrH/c1-21-15-9-13(7-8-14(15)19-20-21)16(12-5-3-2-4-6-12)23-11-22(17)10-18-23;/h2-11,16H,17H2,1H3;1H/q+1;/p-1. The van der Waals surface area contributed by atoms with Gasteiger partial charge in [0.15, 0.2) is 6.04 Å². The van der Waals surface area contributed by atoms with Crippen LogP contribution < -0.4 is 27.5 Å². The van der Waals surface area contributed by atoms with Gasteiger partial charge in [0.25, 0.3) is 6.33 Å². The van der Waals surface area contributed by atoms with Crippen molar-refractivity contribution < 1.29 is 21.7 Å². The topological polar surface area (TPSA) is 78.4 Å². The zero-order valence-corrected chi connectivity index (χ0v) is 14.6. The molecule has 4 aromatic rings. The molecule has 0 aliphatic heterocycles. The average molecular weight is 386 g/mol. The van der Waals surface area contributed by atoms with Gasteiger partial charge in [0.2, 0.25) is 6.33 Å². The molecule has 0 saturated heterocycles. The molecule has 24 heavy (non-hydrogen) atoms. The van der Waals surface area contributed by atoms with Crippen LogP contribution in [-0.4, -0.2) is 24.8 Å². The molecule has 7 nitrogen and oxygen atoms in total. The highest BCUT2D eigenvalue weighted by Gasteiger charge is 2.23. The molecule has 0 aliphatic rings. The van der Waals surface area contributed by atoms with E-state index in [4.69, 9.17) is 5.84 Å². The minimum Gasteiger partial charge on any atom is -1.00 e. The molecule has 0 saturated carbocycles. The number of aromatic nitrogens is 6. The van der Waals surface area contributed by atoms with E-state index in [9.17, 15) is 0 Å². The first-order valence-electron chi connectivity index (χ1n) is 7.27. The summed E-state index contributed by atoms with van der Waals surface area (Å²) in [4.78, 5) is 0. The van der Waals surface area contributed by atoms with Crippen molar-refractivity contribution in [1.29, 1.82) is 0 Å². The van der Waals surface area contributed by atoms with Crippen molar-refractivity contribution in [1.82, 2.24) is 24.8 Å². The fourth-order valence-electron chi connectivity index (χ4n) is 2.80. The normalized spacial score (nSPS) is 12.0. The smallest absolute Gasteiger partial charge is 0.290 e. The Balaban J connectivity index is 0.00000169. The van der Waals surface area contributed by atoms with E-state index in [1.807, 2.05) is 36.0 Å². The van der Waals surface area contributed by atoms with Crippen LogP contribution >= 0.6 is 0 Å². The molecule has 4 rings (SSSR count). The van der Waals surface area contributed by atoms with Gasteiger partial charge in [-0.25, -0.2) is 4.68 Å². The van der Waals surface area contributed by atoms with Crippen molar-refractivity contribution in [2.75, 3.05) is 5.84 Å². The molecule has 1 unspecified atom stereocenters. The summed E-state index contributed by atoms with van der Waals surface area (Å²) >= 11 is 0. The van der Waals surface area contributed by atoms with Gasteiger partial charge in [-0.15, -0.1) is 14.5 Å². The number of aryl methyl sites for hydroxylation is 1. The van der Waals surface area contributed by atoms with E-state index in [0.29, 0.717) is 0 Å². The number of hydrogen-bond donors (Lipinski definition) is 1. The first kappa shape index (κ1) is 16.1. The maximum atomic E-state index is 5.78. The Morgan fingerprint density at radius 3 is 2.58 bits per heavy atom. The number of nitrogens with two attached hydrogens (primary N) is 1. The Morgan fingerprint density at radius 1 is 1.08 bits per heavy atom. The minimum absolute atomic E-state index is 0. The average Bonchev–Trinajstić information content (AvgIpc) is 3.16. The molecule has 0 fully saturated rings. The van der Waals surface area contributed by atoms with Crippen LogP contribution in [0.4, 0.5) is 0 Å². The molecule has 0 amide bonds. The van der Waals surface area contributed by atoms with Gasteiger partial charge in [0, 0.05) is 18.2 Å². The number of rotatable bonds is 3. The quantitative estimate of drug-likeness (QED) is 0.321. The highest BCUT2D eigenvalue weighted by Crippen LogP contribution is 2.24. The van der Waals surface area contributed by atoms with E-state index < -0.39 is 0 Å². The lowest BCUT2D eigenvalue weighted by Gasteiger charge is -2.13. The van der Waals surface area contributed by atoms with Crippen molar-refractivity contribution in [2.24, 2.45) is 7.05 Å². The van der Waals surface area contributed by atoms with Crippen LogP contribution in [0.2, 0.25) is 0 Å². The van der Waals surface area contributed by atoms with E-state index in [0.717, 1.165) is 22.2 Å². The summed E-state index contributed by atoms with van der Waals surface area (Å²) in [5.74, 6) is 5.78. The molecule has 0 bridgehead atoms. The lowest BCUT2D eigenvalue weighted by molar-refractivity contribution is -0.759. The largest absolute Gasteiger partial charge is 1.00 e. The molecule has 2 aromatic carbocycles. The second kappa shape index (κ2) is 6.40. The van der Waals surface area contributed by atoms with Crippen LogP contribution in [0.1, 0.15) is 17.2 Å². The van der Waals surface area contributed by atoms with Crippen LogP contribution in [0.25, 0.3) is 11.0 Å². The van der Waals surface area contributed by atoms with E-state index in [2.05, 4.69) is 39.7 Å². The number of halogens is 1. The molecule has 0 spiro atoms. The van der Waals surface area contributed by atoms with Crippen molar-refractivity contribution in [2.45, 2.75) is 6.04 Å². The van der Waals surface area contributed by atoms with Crippen LogP contribution in [0, 0.1) is 0 Å². The molecule has 2 N–H and O–H groups in total. The predicted molar refractivity (Wildman–Crippen MR) is 84.8 cm³/mol. The fraction of sp³-hybridized carbons (Fsp3) is 0.125. The first-order chi connectivity index (χ1) is 11.2. The van der Waals surface area contributed by atoms with Crippen LogP contribution in [0.15, 0.2) is 61.2 Å².